The predicted octanol–water partition coefficient (Wildman–Crippen LogP) is 3.74. The Kier molecular flexibility index (Phi) is 7.00. The van der Waals surface area contributed by atoms with E-state index in [0.717, 1.165) is 11.3 Å². The second-order valence-corrected chi connectivity index (χ2v) is 7.70. The van der Waals surface area contributed by atoms with E-state index in [9.17, 15) is 14.0 Å². The molecule has 1 fully saturated rings. The number of nitrogens with one attached hydrogen (secondary N) is 1. The molecule has 1 saturated heterocycles. The molecule has 1 heterocycles. The SMILES string of the molecule is COCCN1C(=O)[C@@H](CC(=O)Nc2ccccc2C)SC1=Nc1ccc(F)cc1. The van der Waals surface area contributed by atoms with E-state index in [4.69, 9.17) is 4.74 Å². The largest absolute Gasteiger partial charge is 0.383 e. The molecule has 3 rings (SSSR count). The third-order valence-corrected chi connectivity index (χ3v) is 5.56. The summed E-state index contributed by atoms with van der Waals surface area (Å²) in [5.74, 6) is -0.779. The van der Waals surface area contributed by atoms with Gasteiger partial charge in [0.05, 0.1) is 18.8 Å². The molecule has 1 aliphatic heterocycles. The number of hydrogen-bond donors (Lipinski definition) is 1. The molecule has 8 heteroatoms. The van der Waals surface area contributed by atoms with Crippen molar-refractivity contribution in [3.05, 3.63) is 59.9 Å². The van der Waals surface area contributed by atoms with Crippen LogP contribution in [0.4, 0.5) is 15.8 Å². The van der Waals surface area contributed by atoms with Crippen LogP contribution in [0.2, 0.25) is 0 Å². The fourth-order valence-electron chi connectivity index (χ4n) is 2.82. The standard InChI is InChI=1S/C21H22FN3O3S/c1-14-5-3-4-6-17(14)24-19(26)13-18-20(27)25(11-12-28-2)21(29-18)23-16-9-7-15(22)8-10-16/h3-10,18H,11-13H2,1-2H3,(H,24,26)/t18-/m1/s1. The first-order valence-corrected chi connectivity index (χ1v) is 10.0. The van der Waals surface area contributed by atoms with Crippen molar-refractivity contribution in [2.45, 2.75) is 18.6 Å². The summed E-state index contributed by atoms with van der Waals surface area (Å²) in [6.07, 6.45) is 0.0315. The van der Waals surface area contributed by atoms with Crippen LogP contribution < -0.4 is 5.32 Å². The fraction of sp³-hybridized carbons (Fsp3) is 0.286. The lowest BCUT2D eigenvalue weighted by atomic mass is 10.2. The summed E-state index contributed by atoms with van der Waals surface area (Å²) >= 11 is 1.24. The maximum Gasteiger partial charge on any atom is 0.242 e. The van der Waals surface area contributed by atoms with Crippen molar-refractivity contribution in [1.29, 1.82) is 0 Å². The Bertz CT molecular complexity index is 918. The average Bonchev–Trinajstić information content (AvgIpc) is 2.98. The number of nitrogens with zero attached hydrogens (tertiary/aromatic N) is 2. The van der Waals surface area contributed by atoms with Crippen molar-refractivity contribution in [3.63, 3.8) is 0 Å². The van der Waals surface area contributed by atoms with Gasteiger partial charge in [0.25, 0.3) is 0 Å². The zero-order chi connectivity index (χ0) is 20.8. The molecule has 0 bridgehead atoms. The number of aryl methyl sites for hydroxylation is 1. The molecule has 0 aliphatic carbocycles. The van der Waals surface area contributed by atoms with Crippen LogP contribution >= 0.6 is 11.8 Å². The van der Waals surface area contributed by atoms with Crippen molar-refractivity contribution in [1.82, 2.24) is 4.90 Å². The summed E-state index contributed by atoms with van der Waals surface area (Å²) in [5, 5.41) is 2.76. The Morgan fingerprint density at radius 2 is 1.97 bits per heavy atom. The van der Waals surface area contributed by atoms with Crippen LogP contribution in [0.15, 0.2) is 53.5 Å². The number of aliphatic imine (C=N–C) groups is 1. The molecule has 0 spiro atoms. The highest BCUT2D eigenvalue weighted by molar-refractivity contribution is 8.15. The molecule has 2 aromatic carbocycles. The number of amidine groups is 1. The first-order chi connectivity index (χ1) is 14.0. The van der Waals surface area contributed by atoms with E-state index in [-0.39, 0.29) is 24.1 Å². The van der Waals surface area contributed by atoms with Gasteiger partial charge in [-0.3, -0.25) is 14.5 Å². The number of hydrogen-bond acceptors (Lipinski definition) is 5. The predicted molar refractivity (Wildman–Crippen MR) is 113 cm³/mol. The maximum absolute atomic E-state index is 13.1. The van der Waals surface area contributed by atoms with Crippen LogP contribution in [0.25, 0.3) is 0 Å². The number of para-hydroxylation sites is 1. The summed E-state index contributed by atoms with van der Waals surface area (Å²) in [6, 6.07) is 13.2. The molecule has 1 aliphatic rings. The quantitative estimate of drug-likeness (QED) is 0.748. The van der Waals surface area contributed by atoms with E-state index >= 15 is 0 Å². The monoisotopic (exact) mass is 415 g/mol. The zero-order valence-electron chi connectivity index (χ0n) is 16.2. The molecule has 29 heavy (non-hydrogen) atoms. The summed E-state index contributed by atoms with van der Waals surface area (Å²) in [4.78, 5) is 31.3. The number of thioether (sulfide) groups is 1. The van der Waals surface area contributed by atoms with E-state index < -0.39 is 5.25 Å². The van der Waals surface area contributed by atoms with Crippen molar-refractivity contribution < 1.29 is 18.7 Å². The number of ether oxygens (including phenoxy) is 1. The lowest BCUT2D eigenvalue weighted by molar-refractivity contribution is -0.128. The molecule has 0 unspecified atom stereocenters. The van der Waals surface area contributed by atoms with E-state index in [2.05, 4.69) is 10.3 Å². The second-order valence-electron chi connectivity index (χ2n) is 6.53. The average molecular weight is 415 g/mol. The molecule has 2 aromatic rings. The van der Waals surface area contributed by atoms with Crippen LogP contribution in [0.5, 0.6) is 0 Å². The first kappa shape index (κ1) is 21.0. The van der Waals surface area contributed by atoms with E-state index in [1.54, 1.807) is 19.2 Å². The van der Waals surface area contributed by atoms with Gasteiger partial charge in [-0.05, 0) is 42.8 Å². The normalized spacial score (nSPS) is 17.8. The van der Waals surface area contributed by atoms with Gasteiger partial charge in [0.1, 0.15) is 11.1 Å². The number of amides is 2. The van der Waals surface area contributed by atoms with Crippen molar-refractivity contribution in [3.8, 4) is 0 Å². The third-order valence-electron chi connectivity index (χ3n) is 4.38. The summed E-state index contributed by atoms with van der Waals surface area (Å²) < 4.78 is 18.2. The molecule has 1 N–H and O–H groups in total. The smallest absolute Gasteiger partial charge is 0.242 e. The van der Waals surface area contributed by atoms with Gasteiger partial charge in [-0.25, -0.2) is 9.38 Å². The van der Waals surface area contributed by atoms with E-state index in [1.165, 1.54) is 28.8 Å². The molecule has 2 amide bonds. The van der Waals surface area contributed by atoms with Gasteiger partial charge in [-0.1, -0.05) is 30.0 Å². The molecule has 0 radical (unpaired) electrons. The van der Waals surface area contributed by atoms with Crippen molar-refractivity contribution in [2.24, 2.45) is 4.99 Å². The Morgan fingerprint density at radius 3 is 2.66 bits per heavy atom. The van der Waals surface area contributed by atoms with Crippen LogP contribution in [-0.4, -0.2) is 47.4 Å². The van der Waals surface area contributed by atoms with Gasteiger partial charge in [-0.2, -0.15) is 0 Å². The van der Waals surface area contributed by atoms with Gasteiger partial charge in [0.15, 0.2) is 5.17 Å². The van der Waals surface area contributed by atoms with Crippen LogP contribution in [0, 0.1) is 12.7 Å². The van der Waals surface area contributed by atoms with Gasteiger partial charge in [-0.15, -0.1) is 0 Å². The van der Waals surface area contributed by atoms with Crippen molar-refractivity contribution >= 4 is 40.1 Å². The van der Waals surface area contributed by atoms with E-state index in [1.807, 2.05) is 31.2 Å². The minimum absolute atomic E-state index is 0.0315. The highest BCUT2D eigenvalue weighted by Gasteiger charge is 2.39. The molecule has 152 valence electrons. The van der Waals surface area contributed by atoms with Gasteiger partial charge in [0.2, 0.25) is 11.8 Å². The molecular weight excluding hydrogens is 393 g/mol. The number of rotatable bonds is 7. The number of anilines is 1. The van der Waals surface area contributed by atoms with Gasteiger partial charge in [0, 0.05) is 19.2 Å². The van der Waals surface area contributed by atoms with Gasteiger partial charge >= 0.3 is 0 Å². The van der Waals surface area contributed by atoms with Crippen LogP contribution in [0.3, 0.4) is 0 Å². The Balaban J connectivity index is 1.74. The number of benzene rings is 2. The van der Waals surface area contributed by atoms with Gasteiger partial charge < -0.3 is 10.1 Å². The lowest BCUT2D eigenvalue weighted by Gasteiger charge is -2.15. The summed E-state index contributed by atoms with van der Waals surface area (Å²) in [6.45, 7) is 2.58. The first-order valence-electron chi connectivity index (χ1n) is 9.14. The molecular formula is C21H22FN3O3S. The highest BCUT2D eigenvalue weighted by Crippen LogP contribution is 2.32. The van der Waals surface area contributed by atoms with Crippen LogP contribution in [-0.2, 0) is 14.3 Å². The fourth-order valence-corrected chi connectivity index (χ4v) is 4.01. The molecule has 0 aromatic heterocycles. The summed E-state index contributed by atoms with van der Waals surface area (Å²) in [5.41, 5.74) is 2.21. The lowest BCUT2D eigenvalue weighted by Crippen LogP contribution is -2.35. The maximum atomic E-state index is 13.1. The Labute approximate surface area is 173 Å². The highest BCUT2D eigenvalue weighted by atomic mass is 32.2. The number of carbonyl (C=O) groups is 2. The molecule has 6 nitrogen and oxygen atoms in total. The van der Waals surface area contributed by atoms with Crippen LogP contribution in [0.1, 0.15) is 12.0 Å². The van der Waals surface area contributed by atoms with E-state index in [0.29, 0.717) is 24.0 Å². The minimum atomic E-state index is -0.574. The third kappa shape index (κ3) is 5.42. The number of carbonyl (C=O) groups excluding carboxylic acids is 2. The zero-order valence-corrected chi connectivity index (χ0v) is 17.0. The Hall–Kier alpha value is -2.71. The number of halogens is 1. The summed E-state index contributed by atoms with van der Waals surface area (Å²) in [7, 11) is 1.55. The second kappa shape index (κ2) is 9.67. The minimum Gasteiger partial charge on any atom is -0.383 e. The molecule has 0 saturated carbocycles. The van der Waals surface area contributed by atoms with Crippen molar-refractivity contribution in [2.75, 3.05) is 25.6 Å². The topological polar surface area (TPSA) is 71.0 Å². The Morgan fingerprint density at radius 1 is 1.24 bits per heavy atom. The molecule has 1 atom stereocenters. The number of methoxy groups -OCH3 is 1.